The van der Waals surface area contributed by atoms with E-state index >= 15 is 0 Å². The van der Waals surface area contributed by atoms with E-state index in [2.05, 4.69) is 4.98 Å². The van der Waals surface area contributed by atoms with Gasteiger partial charge >= 0.3 is 5.97 Å². The van der Waals surface area contributed by atoms with Crippen LogP contribution in [0.3, 0.4) is 0 Å². The van der Waals surface area contributed by atoms with Gasteiger partial charge in [0.05, 0.1) is 5.02 Å². The maximum Gasteiger partial charge on any atom is 0.317 e. The van der Waals surface area contributed by atoms with Crippen LogP contribution in [0.25, 0.3) is 0 Å². The third-order valence-corrected chi connectivity index (χ3v) is 2.40. The molecule has 0 N–H and O–H groups in total. The molecule has 1 rings (SSSR count). The Morgan fingerprint density at radius 2 is 2.00 bits per heavy atom. The van der Waals surface area contributed by atoms with Gasteiger partial charge in [-0.25, -0.2) is 9.37 Å². The zero-order chi connectivity index (χ0) is 14.8. The van der Waals surface area contributed by atoms with Gasteiger partial charge in [-0.1, -0.05) is 11.6 Å². The van der Waals surface area contributed by atoms with E-state index in [4.69, 9.17) is 16.3 Å². The zero-order valence-electron chi connectivity index (χ0n) is 11.2. The maximum atomic E-state index is 13.5. The molecule has 0 amide bonds. The molecule has 19 heavy (non-hydrogen) atoms. The first-order valence-corrected chi connectivity index (χ1v) is 6.07. The van der Waals surface area contributed by atoms with Crippen LogP contribution in [0.2, 0.25) is 5.02 Å². The minimum Gasteiger partial charge on any atom is -0.459 e. The Hall–Kier alpha value is -1.49. The SMILES string of the molecule is CC(C(=O)OC(C)(C)C)C(=O)c1ncc(Cl)cc1F. The van der Waals surface area contributed by atoms with Gasteiger partial charge in [-0.3, -0.25) is 9.59 Å². The van der Waals surface area contributed by atoms with Crippen LogP contribution >= 0.6 is 11.6 Å². The van der Waals surface area contributed by atoms with Crippen LogP contribution in [0, 0.1) is 11.7 Å². The van der Waals surface area contributed by atoms with E-state index in [1.165, 1.54) is 6.92 Å². The number of esters is 1. The number of hydrogen-bond donors (Lipinski definition) is 0. The van der Waals surface area contributed by atoms with Gasteiger partial charge in [0.2, 0.25) is 0 Å². The van der Waals surface area contributed by atoms with Crippen molar-refractivity contribution in [1.82, 2.24) is 4.98 Å². The number of ether oxygens (including phenoxy) is 1. The van der Waals surface area contributed by atoms with E-state index in [-0.39, 0.29) is 5.02 Å². The molecule has 0 aliphatic carbocycles. The Bertz CT molecular complexity index is 511. The standard InChI is InChI=1S/C13H15ClFNO3/c1-7(12(18)19-13(2,3)4)11(17)10-9(15)5-8(14)6-16-10/h5-7H,1-4H3. The van der Waals surface area contributed by atoms with Crippen molar-refractivity contribution in [3.63, 3.8) is 0 Å². The van der Waals surface area contributed by atoms with E-state index < -0.39 is 34.8 Å². The van der Waals surface area contributed by atoms with Crippen LogP contribution in [0.1, 0.15) is 38.2 Å². The molecule has 1 heterocycles. The Morgan fingerprint density at radius 3 is 2.47 bits per heavy atom. The highest BCUT2D eigenvalue weighted by molar-refractivity contribution is 6.30. The van der Waals surface area contributed by atoms with Crippen LogP contribution < -0.4 is 0 Å². The van der Waals surface area contributed by atoms with Crippen molar-refractivity contribution in [3.05, 3.63) is 28.8 Å². The molecule has 104 valence electrons. The van der Waals surface area contributed by atoms with Crippen molar-refractivity contribution in [1.29, 1.82) is 0 Å². The van der Waals surface area contributed by atoms with E-state index in [0.29, 0.717) is 0 Å². The molecule has 0 saturated heterocycles. The molecular weight excluding hydrogens is 273 g/mol. The van der Waals surface area contributed by atoms with Crippen LogP contribution in [-0.2, 0) is 9.53 Å². The Morgan fingerprint density at radius 1 is 1.42 bits per heavy atom. The normalized spacial score (nSPS) is 12.9. The molecular formula is C13H15ClFNO3. The molecule has 6 heteroatoms. The third-order valence-electron chi connectivity index (χ3n) is 2.19. The molecule has 0 aliphatic rings. The molecule has 1 aromatic heterocycles. The Kier molecular flexibility index (Phi) is 4.63. The molecule has 0 radical (unpaired) electrons. The molecule has 0 spiro atoms. The lowest BCUT2D eigenvalue weighted by Crippen LogP contribution is -2.31. The van der Waals surface area contributed by atoms with Gasteiger partial charge in [-0.2, -0.15) is 0 Å². The molecule has 1 aromatic rings. The summed E-state index contributed by atoms with van der Waals surface area (Å²) in [5.41, 5.74) is -1.12. The number of pyridine rings is 1. The summed E-state index contributed by atoms with van der Waals surface area (Å²) in [4.78, 5) is 27.3. The van der Waals surface area contributed by atoms with E-state index in [1.807, 2.05) is 0 Å². The average molecular weight is 288 g/mol. The minimum atomic E-state index is -1.12. The number of aromatic nitrogens is 1. The zero-order valence-corrected chi connectivity index (χ0v) is 11.9. The van der Waals surface area contributed by atoms with Gasteiger partial charge in [-0.15, -0.1) is 0 Å². The van der Waals surface area contributed by atoms with Gasteiger partial charge in [0, 0.05) is 6.20 Å². The molecule has 1 atom stereocenters. The number of carbonyl (C=O) groups excluding carboxylic acids is 2. The van der Waals surface area contributed by atoms with Gasteiger partial charge in [0.1, 0.15) is 17.2 Å². The lowest BCUT2D eigenvalue weighted by atomic mass is 10.0. The lowest BCUT2D eigenvalue weighted by Gasteiger charge is -2.21. The first kappa shape index (κ1) is 15.6. The molecule has 0 aromatic carbocycles. The first-order chi connectivity index (χ1) is 8.61. The number of hydrogen-bond acceptors (Lipinski definition) is 4. The largest absolute Gasteiger partial charge is 0.459 e. The number of Topliss-reactive ketones (excluding diaryl/α,β-unsaturated/α-hetero) is 1. The number of halogens is 2. The van der Waals surface area contributed by atoms with Crippen LogP contribution in [0.4, 0.5) is 4.39 Å². The topological polar surface area (TPSA) is 56.3 Å². The summed E-state index contributed by atoms with van der Waals surface area (Å²) in [6.07, 6.45) is 1.15. The molecule has 1 unspecified atom stereocenters. The maximum absolute atomic E-state index is 13.5. The first-order valence-electron chi connectivity index (χ1n) is 5.70. The molecule has 4 nitrogen and oxygen atoms in total. The predicted octanol–water partition coefficient (Wildman–Crippen LogP) is 3.03. The molecule has 0 fully saturated rings. The summed E-state index contributed by atoms with van der Waals surface area (Å²) in [7, 11) is 0. The third kappa shape index (κ3) is 4.28. The van der Waals surface area contributed by atoms with Crippen molar-refractivity contribution < 1.29 is 18.7 Å². The van der Waals surface area contributed by atoms with Crippen molar-refractivity contribution in [3.8, 4) is 0 Å². The highest BCUT2D eigenvalue weighted by atomic mass is 35.5. The summed E-state index contributed by atoms with van der Waals surface area (Å²) in [5.74, 6) is -3.42. The van der Waals surface area contributed by atoms with Crippen molar-refractivity contribution in [2.24, 2.45) is 5.92 Å². The van der Waals surface area contributed by atoms with E-state index in [9.17, 15) is 14.0 Å². The van der Waals surface area contributed by atoms with Crippen LogP contribution in [-0.4, -0.2) is 22.3 Å². The van der Waals surface area contributed by atoms with Crippen LogP contribution in [0.5, 0.6) is 0 Å². The van der Waals surface area contributed by atoms with E-state index in [1.54, 1.807) is 20.8 Å². The highest BCUT2D eigenvalue weighted by Crippen LogP contribution is 2.18. The van der Waals surface area contributed by atoms with Gasteiger partial charge in [0.15, 0.2) is 11.6 Å². The number of rotatable bonds is 3. The van der Waals surface area contributed by atoms with Gasteiger partial charge < -0.3 is 4.74 Å². The van der Waals surface area contributed by atoms with Crippen molar-refractivity contribution >= 4 is 23.4 Å². The molecule has 0 saturated carbocycles. The quantitative estimate of drug-likeness (QED) is 0.487. The Balaban J connectivity index is 2.91. The number of carbonyl (C=O) groups is 2. The summed E-state index contributed by atoms with van der Waals surface area (Å²) in [5, 5.41) is 0.0824. The average Bonchev–Trinajstić information content (AvgIpc) is 2.24. The monoisotopic (exact) mass is 287 g/mol. The van der Waals surface area contributed by atoms with E-state index in [0.717, 1.165) is 12.3 Å². The second kappa shape index (κ2) is 5.65. The van der Waals surface area contributed by atoms with Crippen LogP contribution in [0.15, 0.2) is 12.3 Å². The summed E-state index contributed by atoms with van der Waals surface area (Å²) in [6.45, 7) is 6.40. The summed E-state index contributed by atoms with van der Waals surface area (Å²) in [6, 6.07) is 0.976. The molecule has 0 bridgehead atoms. The summed E-state index contributed by atoms with van der Waals surface area (Å²) >= 11 is 5.55. The predicted molar refractivity (Wildman–Crippen MR) is 68.5 cm³/mol. The minimum absolute atomic E-state index is 0.0824. The second-order valence-electron chi connectivity index (χ2n) is 5.10. The summed E-state index contributed by atoms with van der Waals surface area (Å²) < 4.78 is 18.6. The number of nitrogens with zero attached hydrogens (tertiary/aromatic N) is 1. The van der Waals surface area contributed by atoms with Gasteiger partial charge in [0.25, 0.3) is 0 Å². The van der Waals surface area contributed by atoms with Crippen molar-refractivity contribution in [2.75, 3.05) is 0 Å². The second-order valence-corrected chi connectivity index (χ2v) is 5.54. The smallest absolute Gasteiger partial charge is 0.317 e. The fraction of sp³-hybridized carbons (Fsp3) is 0.462. The highest BCUT2D eigenvalue weighted by Gasteiger charge is 2.30. The fourth-order valence-electron chi connectivity index (χ4n) is 1.30. The fourth-order valence-corrected chi connectivity index (χ4v) is 1.44. The lowest BCUT2D eigenvalue weighted by molar-refractivity contribution is -0.157. The molecule has 0 aliphatic heterocycles. The van der Waals surface area contributed by atoms with Gasteiger partial charge in [-0.05, 0) is 33.8 Å². The Labute approximate surface area is 115 Å². The van der Waals surface area contributed by atoms with Crippen molar-refractivity contribution in [2.45, 2.75) is 33.3 Å². The number of ketones is 1.